The largest absolute Gasteiger partial charge is 0.379 e. The van der Waals surface area contributed by atoms with Gasteiger partial charge in [-0.1, -0.05) is 29.3 Å². The SMILES string of the molecule is O=C(Nc1nc2c(s1)CCCC2)C(c1ccc(Cl)cc1Cl)N1CCOCC1. The van der Waals surface area contributed by atoms with Crippen molar-refractivity contribution in [1.29, 1.82) is 0 Å². The van der Waals surface area contributed by atoms with Crippen LogP contribution in [-0.4, -0.2) is 42.1 Å². The molecule has 1 saturated heterocycles. The first-order valence-electron chi connectivity index (χ1n) is 9.18. The van der Waals surface area contributed by atoms with Crippen LogP contribution in [0.15, 0.2) is 18.2 Å². The van der Waals surface area contributed by atoms with E-state index in [1.54, 1.807) is 23.5 Å². The summed E-state index contributed by atoms with van der Waals surface area (Å²) in [5.41, 5.74) is 1.88. The lowest BCUT2D eigenvalue weighted by atomic mass is 10.0. The Balaban J connectivity index is 1.61. The molecule has 1 aromatic carbocycles. The number of ether oxygens (including phenoxy) is 1. The van der Waals surface area contributed by atoms with E-state index < -0.39 is 6.04 Å². The lowest BCUT2D eigenvalue weighted by Gasteiger charge is -2.34. The summed E-state index contributed by atoms with van der Waals surface area (Å²) in [5, 5.41) is 4.75. The number of carbonyl (C=O) groups is 1. The highest BCUT2D eigenvalue weighted by molar-refractivity contribution is 7.15. The second-order valence-electron chi connectivity index (χ2n) is 6.80. The van der Waals surface area contributed by atoms with Crippen LogP contribution >= 0.6 is 34.5 Å². The maximum atomic E-state index is 13.2. The topological polar surface area (TPSA) is 54.5 Å². The van der Waals surface area contributed by atoms with Crippen LogP contribution in [0.3, 0.4) is 0 Å². The molecular formula is C19H21Cl2N3O2S. The molecule has 1 aromatic heterocycles. The summed E-state index contributed by atoms with van der Waals surface area (Å²) in [6.07, 6.45) is 4.41. The van der Waals surface area contributed by atoms with Crippen LogP contribution < -0.4 is 5.32 Å². The van der Waals surface area contributed by atoms with Crippen LogP contribution in [0.4, 0.5) is 5.13 Å². The van der Waals surface area contributed by atoms with Crippen molar-refractivity contribution in [3.63, 3.8) is 0 Å². The molecule has 1 fully saturated rings. The molecule has 4 rings (SSSR count). The van der Waals surface area contributed by atoms with Gasteiger partial charge in [-0.2, -0.15) is 0 Å². The molecule has 0 saturated carbocycles. The van der Waals surface area contributed by atoms with Crippen LogP contribution in [0, 0.1) is 0 Å². The van der Waals surface area contributed by atoms with Crippen LogP contribution in [0.2, 0.25) is 10.0 Å². The monoisotopic (exact) mass is 425 g/mol. The number of nitrogens with zero attached hydrogens (tertiary/aromatic N) is 2. The number of nitrogens with one attached hydrogen (secondary N) is 1. The van der Waals surface area contributed by atoms with Crippen molar-refractivity contribution >= 4 is 45.6 Å². The minimum absolute atomic E-state index is 0.118. The van der Waals surface area contributed by atoms with Gasteiger partial charge in [0.15, 0.2) is 5.13 Å². The first kappa shape index (κ1) is 19.2. The average Bonchev–Trinajstić information content (AvgIpc) is 3.07. The standard InChI is InChI=1S/C19H21Cl2N3O2S/c20-12-5-6-13(14(21)11-12)17(24-7-9-26-10-8-24)18(25)23-19-22-15-3-1-2-4-16(15)27-19/h5-6,11,17H,1-4,7-10H2,(H,22,23,25). The van der Waals surface area contributed by atoms with Gasteiger partial charge in [0.25, 0.3) is 0 Å². The van der Waals surface area contributed by atoms with Crippen molar-refractivity contribution in [2.75, 3.05) is 31.6 Å². The van der Waals surface area contributed by atoms with Crippen molar-refractivity contribution in [2.24, 2.45) is 0 Å². The number of rotatable bonds is 4. The van der Waals surface area contributed by atoms with Crippen molar-refractivity contribution in [3.05, 3.63) is 44.4 Å². The third-order valence-corrected chi connectivity index (χ3v) is 6.63. The Hall–Kier alpha value is -1.18. The first-order valence-corrected chi connectivity index (χ1v) is 10.8. The molecule has 144 valence electrons. The lowest BCUT2D eigenvalue weighted by molar-refractivity contribution is -0.123. The van der Waals surface area contributed by atoms with Crippen molar-refractivity contribution in [3.8, 4) is 0 Å². The maximum Gasteiger partial charge on any atom is 0.248 e. The van der Waals surface area contributed by atoms with Gasteiger partial charge in [-0.3, -0.25) is 9.69 Å². The number of hydrogen-bond donors (Lipinski definition) is 1. The molecule has 0 spiro atoms. The predicted octanol–water partition coefficient (Wildman–Crippen LogP) is 4.34. The van der Waals surface area contributed by atoms with Gasteiger partial charge in [0.05, 0.1) is 18.9 Å². The summed E-state index contributed by atoms with van der Waals surface area (Å²) in [6, 6.07) is 4.78. The Kier molecular flexibility index (Phi) is 5.99. The Morgan fingerprint density at radius 3 is 2.74 bits per heavy atom. The van der Waals surface area contributed by atoms with E-state index in [1.165, 1.54) is 17.7 Å². The maximum absolute atomic E-state index is 13.2. The van der Waals surface area contributed by atoms with Gasteiger partial charge in [-0.25, -0.2) is 4.98 Å². The fourth-order valence-electron chi connectivity index (χ4n) is 3.64. The van der Waals surface area contributed by atoms with Crippen molar-refractivity contribution in [2.45, 2.75) is 31.7 Å². The minimum atomic E-state index is -0.500. The van der Waals surface area contributed by atoms with Gasteiger partial charge in [-0.15, -0.1) is 11.3 Å². The quantitative estimate of drug-likeness (QED) is 0.791. The highest BCUT2D eigenvalue weighted by Gasteiger charge is 2.31. The fourth-order valence-corrected chi connectivity index (χ4v) is 5.21. The van der Waals surface area contributed by atoms with E-state index in [0.29, 0.717) is 41.5 Å². The van der Waals surface area contributed by atoms with E-state index in [-0.39, 0.29) is 5.91 Å². The predicted molar refractivity (Wildman–Crippen MR) is 109 cm³/mol. The molecule has 1 atom stereocenters. The van der Waals surface area contributed by atoms with E-state index in [4.69, 9.17) is 27.9 Å². The van der Waals surface area contributed by atoms with Crippen molar-refractivity contribution < 1.29 is 9.53 Å². The number of anilines is 1. The molecule has 1 unspecified atom stereocenters. The van der Waals surface area contributed by atoms with Gasteiger partial charge in [0.1, 0.15) is 6.04 Å². The van der Waals surface area contributed by atoms with Gasteiger partial charge < -0.3 is 10.1 Å². The van der Waals surface area contributed by atoms with E-state index in [0.717, 1.165) is 24.1 Å². The summed E-state index contributed by atoms with van der Waals surface area (Å²) in [4.78, 5) is 21.3. The van der Waals surface area contributed by atoms with Gasteiger partial charge in [0, 0.05) is 28.0 Å². The number of benzene rings is 1. The third kappa shape index (κ3) is 4.30. The number of carbonyl (C=O) groups excluding carboxylic acids is 1. The zero-order chi connectivity index (χ0) is 18.8. The number of amides is 1. The molecule has 2 aromatic rings. The van der Waals surface area contributed by atoms with Gasteiger partial charge >= 0.3 is 0 Å². The van der Waals surface area contributed by atoms with E-state index in [9.17, 15) is 4.79 Å². The van der Waals surface area contributed by atoms with Gasteiger partial charge in [-0.05, 0) is 43.4 Å². The Labute approximate surface area is 172 Å². The molecule has 0 bridgehead atoms. The molecular weight excluding hydrogens is 405 g/mol. The molecule has 27 heavy (non-hydrogen) atoms. The second kappa shape index (κ2) is 8.45. The number of aromatic nitrogens is 1. The third-order valence-electron chi connectivity index (χ3n) is 4.99. The molecule has 2 aliphatic rings. The fraction of sp³-hybridized carbons (Fsp3) is 0.474. The molecule has 1 amide bonds. The summed E-state index contributed by atoms with van der Waals surface area (Å²) < 4.78 is 5.45. The number of fused-ring (bicyclic) bond motifs is 1. The molecule has 8 heteroatoms. The van der Waals surface area contributed by atoms with Crippen LogP contribution in [0.5, 0.6) is 0 Å². The Bertz CT molecular complexity index is 813. The average molecular weight is 426 g/mol. The zero-order valence-corrected chi connectivity index (χ0v) is 17.2. The minimum Gasteiger partial charge on any atom is -0.379 e. The summed E-state index contributed by atoms with van der Waals surface area (Å²) in [6.45, 7) is 2.54. The molecule has 0 radical (unpaired) electrons. The van der Waals surface area contributed by atoms with E-state index >= 15 is 0 Å². The zero-order valence-electron chi connectivity index (χ0n) is 14.8. The number of morpholine rings is 1. The summed E-state index contributed by atoms with van der Waals surface area (Å²) >= 11 is 14.1. The summed E-state index contributed by atoms with van der Waals surface area (Å²) in [7, 11) is 0. The highest BCUT2D eigenvalue weighted by Crippen LogP contribution is 2.33. The van der Waals surface area contributed by atoms with Crippen LogP contribution in [0.1, 0.15) is 35.0 Å². The Morgan fingerprint density at radius 2 is 2.00 bits per heavy atom. The molecule has 2 heterocycles. The highest BCUT2D eigenvalue weighted by atomic mass is 35.5. The smallest absolute Gasteiger partial charge is 0.248 e. The van der Waals surface area contributed by atoms with Crippen LogP contribution in [-0.2, 0) is 22.4 Å². The number of aryl methyl sites for hydroxylation is 2. The number of hydrogen-bond acceptors (Lipinski definition) is 5. The molecule has 1 aliphatic heterocycles. The number of thiazole rings is 1. The molecule has 5 nitrogen and oxygen atoms in total. The second-order valence-corrected chi connectivity index (χ2v) is 8.73. The molecule has 1 N–H and O–H groups in total. The lowest BCUT2D eigenvalue weighted by Crippen LogP contribution is -2.44. The van der Waals surface area contributed by atoms with Crippen LogP contribution in [0.25, 0.3) is 0 Å². The van der Waals surface area contributed by atoms with E-state index in [1.807, 2.05) is 6.07 Å². The Morgan fingerprint density at radius 1 is 1.22 bits per heavy atom. The summed E-state index contributed by atoms with van der Waals surface area (Å²) in [5.74, 6) is -0.118. The number of halogens is 2. The first-order chi connectivity index (χ1) is 13.1. The van der Waals surface area contributed by atoms with Gasteiger partial charge in [0.2, 0.25) is 5.91 Å². The van der Waals surface area contributed by atoms with E-state index in [2.05, 4.69) is 15.2 Å². The normalized spacial score (nSPS) is 18.7. The van der Waals surface area contributed by atoms with Crippen molar-refractivity contribution in [1.82, 2.24) is 9.88 Å². The molecule has 1 aliphatic carbocycles.